The third kappa shape index (κ3) is 5.41. The van der Waals surface area contributed by atoms with Crippen molar-refractivity contribution in [3.05, 3.63) is 65.4 Å². The van der Waals surface area contributed by atoms with Gasteiger partial charge >= 0.3 is 0 Å². The van der Waals surface area contributed by atoms with Gasteiger partial charge in [-0.15, -0.1) is 18.3 Å². The lowest BCUT2D eigenvalue weighted by Gasteiger charge is -2.11. The van der Waals surface area contributed by atoms with Gasteiger partial charge in [0, 0.05) is 10.6 Å². The van der Waals surface area contributed by atoms with Crippen LogP contribution in [-0.4, -0.2) is 18.3 Å². The van der Waals surface area contributed by atoms with Crippen LogP contribution in [-0.2, 0) is 4.79 Å². The molecular formula is C17H15BrFNO2S. The maximum Gasteiger partial charge on any atom is 0.262 e. The van der Waals surface area contributed by atoms with Gasteiger partial charge in [0.1, 0.15) is 11.6 Å². The van der Waals surface area contributed by atoms with Crippen LogP contribution in [0.1, 0.15) is 0 Å². The average Bonchev–Trinajstić information content (AvgIpc) is 2.53. The molecule has 0 saturated heterocycles. The molecule has 0 saturated carbocycles. The molecule has 0 aliphatic rings. The molecule has 0 aromatic heterocycles. The second-order valence-electron chi connectivity index (χ2n) is 4.51. The van der Waals surface area contributed by atoms with E-state index in [1.807, 2.05) is 24.3 Å². The van der Waals surface area contributed by atoms with Crippen LogP contribution in [0, 0.1) is 5.82 Å². The van der Waals surface area contributed by atoms with Crippen LogP contribution in [0.25, 0.3) is 0 Å². The number of hydrogen-bond donors (Lipinski definition) is 1. The highest BCUT2D eigenvalue weighted by Crippen LogP contribution is 2.27. The van der Waals surface area contributed by atoms with Gasteiger partial charge in [-0.2, -0.15) is 0 Å². The summed E-state index contributed by atoms with van der Waals surface area (Å²) >= 11 is 4.78. The Hall–Kier alpha value is -1.79. The second-order valence-corrected chi connectivity index (χ2v) is 6.42. The molecule has 0 aliphatic carbocycles. The minimum Gasteiger partial charge on any atom is -0.483 e. The van der Waals surface area contributed by atoms with Crippen LogP contribution in [0.2, 0.25) is 0 Å². The molecule has 23 heavy (non-hydrogen) atoms. The number of rotatable bonds is 7. The third-order valence-electron chi connectivity index (χ3n) is 2.77. The summed E-state index contributed by atoms with van der Waals surface area (Å²) in [6.07, 6.45) is 1.80. The fraction of sp³-hybridized carbons (Fsp3) is 0.118. The van der Waals surface area contributed by atoms with Gasteiger partial charge in [0.15, 0.2) is 6.61 Å². The van der Waals surface area contributed by atoms with Crippen molar-refractivity contribution in [1.29, 1.82) is 0 Å². The number of carbonyl (C=O) groups is 1. The molecule has 0 radical (unpaired) electrons. The Morgan fingerprint density at radius 2 is 2.13 bits per heavy atom. The molecule has 3 nitrogen and oxygen atoms in total. The largest absolute Gasteiger partial charge is 0.483 e. The summed E-state index contributed by atoms with van der Waals surface area (Å²) in [5.41, 5.74) is 0.728. The van der Waals surface area contributed by atoms with Crippen molar-refractivity contribution in [2.45, 2.75) is 4.90 Å². The second kappa shape index (κ2) is 8.74. The molecule has 2 rings (SSSR count). The summed E-state index contributed by atoms with van der Waals surface area (Å²) in [5.74, 6) is 0.511. The van der Waals surface area contributed by atoms with Crippen molar-refractivity contribution in [1.82, 2.24) is 0 Å². The lowest BCUT2D eigenvalue weighted by molar-refractivity contribution is -0.118. The monoisotopic (exact) mass is 395 g/mol. The van der Waals surface area contributed by atoms with Gasteiger partial charge < -0.3 is 10.1 Å². The zero-order chi connectivity index (χ0) is 16.7. The Morgan fingerprint density at radius 3 is 2.87 bits per heavy atom. The van der Waals surface area contributed by atoms with E-state index in [1.54, 1.807) is 17.8 Å². The predicted octanol–water partition coefficient (Wildman–Crippen LogP) is 4.88. The van der Waals surface area contributed by atoms with Gasteiger partial charge in [0.2, 0.25) is 0 Å². The number of amides is 1. The Bertz CT molecular complexity index is 709. The molecule has 0 aliphatic heterocycles. The van der Waals surface area contributed by atoms with Crippen LogP contribution >= 0.6 is 27.7 Å². The van der Waals surface area contributed by atoms with Crippen LogP contribution < -0.4 is 10.1 Å². The minimum atomic E-state index is -0.373. The topological polar surface area (TPSA) is 38.3 Å². The number of thioether (sulfide) groups is 1. The molecule has 0 atom stereocenters. The highest BCUT2D eigenvalue weighted by molar-refractivity contribution is 9.10. The molecule has 0 unspecified atom stereocenters. The van der Waals surface area contributed by atoms with Gasteiger partial charge in [0.05, 0.1) is 10.2 Å². The molecule has 0 bridgehead atoms. The van der Waals surface area contributed by atoms with E-state index in [2.05, 4.69) is 27.8 Å². The molecule has 120 valence electrons. The van der Waals surface area contributed by atoms with Gasteiger partial charge in [-0.3, -0.25) is 4.79 Å². The van der Waals surface area contributed by atoms with E-state index in [1.165, 1.54) is 18.2 Å². The first kappa shape index (κ1) is 17.6. The predicted molar refractivity (Wildman–Crippen MR) is 95.6 cm³/mol. The average molecular weight is 396 g/mol. The summed E-state index contributed by atoms with van der Waals surface area (Å²) in [6, 6.07) is 11.6. The smallest absolute Gasteiger partial charge is 0.262 e. The van der Waals surface area contributed by atoms with Crippen molar-refractivity contribution < 1.29 is 13.9 Å². The minimum absolute atomic E-state index is 0.162. The van der Waals surface area contributed by atoms with Gasteiger partial charge in [-0.1, -0.05) is 18.2 Å². The highest BCUT2D eigenvalue weighted by Gasteiger charge is 2.09. The first-order valence-corrected chi connectivity index (χ1v) is 8.58. The molecular weight excluding hydrogens is 381 g/mol. The first-order chi connectivity index (χ1) is 11.1. The maximum absolute atomic E-state index is 13.0. The fourth-order valence-corrected chi connectivity index (χ4v) is 2.98. The van der Waals surface area contributed by atoms with E-state index < -0.39 is 0 Å². The summed E-state index contributed by atoms with van der Waals surface area (Å²) in [7, 11) is 0. The number of anilines is 1. The number of benzene rings is 2. The van der Waals surface area contributed by atoms with E-state index in [4.69, 9.17) is 4.74 Å². The zero-order valence-corrected chi connectivity index (χ0v) is 14.6. The van der Waals surface area contributed by atoms with Crippen molar-refractivity contribution in [2.75, 3.05) is 17.7 Å². The normalized spacial score (nSPS) is 10.2. The Morgan fingerprint density at radius 1 is 1.35 bits per heavy atom. The molecule has 0 spiro atoms. The number of halogens is 2. The number of para-hydroxylation sites is 1. The maximum atomic E-state index is 13.0. The fourth-order valence-electron chi connectivity index (χ4n) is 1.77. The number of carbonyl (C=O) groups excluding carboxylic acids is 1. The molecule has 6 heteroatoms. The Balaban J connectivity index is 1.96. The lowest BCUT2D eigenvalue weighted by atomic mass is 10.3. The Labute approximate surface area is 147 Å². The van der Waals surface area contributed by atoms with Gasteiger partial charge in [-0.05, 0) is 46.3 Å². The number of hydrogen-bond acceptors (Lipinski definition) is 3. The standard InChI is InChI=1S/C17H15BrFNO2S/c1-2-9-23-16-6-4-3-5-14(16)20-17(21)11-22-15-8-7-12(19)10-13(15)18/h2-8,10H,1,9,11H2,(H,20,21). The number of nitrogens with one attached hydrogen (secondary N) is 1. The van der Waals surface area contributed by atoms with Crippen LogP contribution in [0.15, 0.2) is 64.5 Å². The lowest BCUT2D eigenvalue weighted by Crippen LogP contribution is -2.20. The van der Waals surface area contributed by atoms with Crippen LogP contribution in [0.3, 0.4) is 0 Å². The van der Waals surface area contributed by atoms with E-state index in [9.17, 15) is 9.18 Å². The zero-order valence-electron chi connectivity index (χ0n) is 12.2. The highest BCUT2D eigenvalue weighted by atomic mass is 79.9. The van der Waals surface area contributed by atoms with E-state index in [0.29, 0.717) is 10.2 Å². The quantitative estimate of drug-likeness (QED) is 0.535. The molecule has 1 amide bonds. The number of ether oxygens (including phenoxy) is 1. The first-order valence-electron chi connectivity index (χ1n) is 6.80. The Kier molecular flexibility index (Phi) is 6.67. The molecule has 1 N–H and O–H groups in total. The van der Waals surface area contributed by atoms with E-state index >= 15 is 0 Å². The molecule has 0 heterocycles. The summed E-state index contributed by atoms with van der Waals surface area (Å²) < 4.78 is 18.9. The van der Waals surface area contributed by atoms with Crippen molar-refractivity contribution in [2.24, 2.45) is 0 Å². The third-order valence-corrected chi connectivity index (χ3v) is 4.46. The van der Waals surface area contributed by atoms with Gasteiger partial charge in [0.25, 0.3) is 5.91 Å². The van der Waals surface area contributed by atoms with Crippen LogP contribution in [0.4, 0.5) is 10.1 Å². The SMILES string of the molecule is C=CCSc1ccccc1NC(=O)COc1ccc(F)cc1Br. The molecule has 2 aromatic rings. The van der Waals surface area contributed by atoms with E-state index in [0.717, 1.165) is 16.3 Å². The summed E-state index contributed by atoms with van der Waals surface area (Å²) in [6.45, 7) is 3.52. The summed E-state index contributed by atoms with van der Waals surface area (Å²) in [4.78, 5) is 13.0. The van der Waals surface area contributed by atoms with Crippen molar-refractivity contribution in [3.8, 4) is 5.75 Å². The molecule has 2 aromatic carbocycles. The van der Waals surface area contributed by atoms with Crippen molar-refractivity contribution >= 4 is 39.3 Å². The van der Waals surface area contributed by atoms with Crippen molar-refractivity contribution in [3.63, 3.8) is 0 Å². The van der Waals surface area contributed by atoms with E-state index in [-0.39, 0.29) is 18.3 Å². The summed E-state index contributed by atoms with van der Waals surface area (Å²) in [5, 5.41) is 2.81. The van der Waals surface area contributed by atoms with Crippen LogP contribution in [0.5, 0.6) is 5.75 Å². The van der Waals surface area contributed by atoms with Gasteiger partial charge in [-0.25, -0.2) is 4.39 Å². The molecule has 0 fully saturated rings.